The molecule has 0 spiro atoms. The minimum Gasteiger partial charge on any atom is -0.381 e. The topological polar surface area (TPSA) is 14.2 Å². The number of benzene rings is 1. The minimum atomic E-state index is 0.538. The highest BCUT2D eigenvalue weighted by molar-refractivity contribution is 8.01. The SMILES string of the molecule is C/C=C\C=C(/CC)Sn1cc(C2CCOC2)c2ccccc21. The molecule has 2 aromatic rings. The lowest BCUT2D eigenvalue weighted by atomic mass is 9.98. The van der Waals surface area contributed by atoms with E-state index in [9.17, 15) is 0 Å². The number of hydrogen-bond acceptors (Lipinski definition) is 2. The molecule has 1 atom stereocenters. The third kappa shape index (κ3) is 3.16. The molecule has 116 valence electrons. The van der Waals surface area contributed by atoms with Crippen LogP contribution < -0.4 is 0 Å². The Kier molecular flexibility index (Phi) is 5.06. The van der Waals surface area contributed by atoms with Gasteiger partial charge >= 0.3 is 0 Å². The fourth-order valence-electron chi connectivity index (χ4n) is 2.90. The summed E-state index contributed by atoms with van der Waals surface area (Å²) in [6, 6.07) is 8.70. The molecule has 0 amide bonds. The van der Waals surface area contributed by atoms with Crippen LogP contribution in [0.2, 0.25) is 0 Å². The number of ether oxygens (including phenoxy) is 1. The van der Waals surface area contributed by atoms with E-state index < -0.39 is 0 Å². The van der Waals surface area contributed by atoms with Gasteiger partial charge in [-0.05, 0) is 43.3 Å². The molecule has 1 aliphatic heterocycles. The smallest absolute Gasteiger partial charge is 0.0597 e. The van der Waals surface area contributed by atoms with Gasteiger partial charge in [-0.1, -0.05) is 43.4 Å². The summed E-state index contributed by atoms with van der Waals surface area (Å²) >= 11 is 1.82. The van der Waals surface area contributed by atoms with Crippen LogP contribution in [0.4, 0.5) is 0 Å². The van der Waals surface area contributed by atoms with E-state index in [0.29, 0.717) is 5.92 Å². The lowest BCUT2D eigenvalue weighted by Crippen LogP contribution is -1.96. The van der Waals surface area contributed by atoms with Gasteiger partial charge in [-0.25, -0.2) is 0 Å². The molecule has 1 aromatic heterocycles. The van der Waals surface area contributed by atoms with Gasteiger partial charge < -0.3 is 4.74 Å². The second-order valence-electron chi connectivity index (χ2n) is 5.59. The van der Waals surface area contributed by atoms with Crippen LogP contribution in [0.25, 0.3) is 10.9 Å². The first kappa shape index (κ1) is 15.4. The van der Waals surface area contributed by atoms with Gasteiger partial charge in [-0.15, -0.1) is 0 Å². The third-order valence-electron chi connectivity index (χ3n) is 4.12. The Labute approximate surface area is 137 Å². The van der Waals surface area contributed by atoms with E-state index in [-0.39, 0.29) is 0 Å². The highest BCUT2D eigenvalue weighted by Crippen LogP contribution is 2.36. The Morgan fingerprint density at radius 3 is 3.00 bits per heavy atom. The van der Waals surface area contributed by atoms with E-state index in [4.69, 9.17) is 4.74 Å². The molecule has 0 radical (unpaired) electrons. The molecule has 1 unspecified atom stereocenters. The van der Waals surface area contributed by atoms with Crippen molar-refractivity contribution in [2.75, 3.05) is 13.2 Å². The van der Waals surface area contributed by atoms with Crippen molar-refractivity contribution < 1.29 is 4.74 Å². The number of aromatic nitrogens is 1. The van der Waals surface area contributed by atoms with Gasteiger partial charge in [-0.2, -0.15) is 0 Å². The van der Waals surface area contributed by atoms with Crippen molar-refractivity contribution in [1.82, 2.24) is 3.97 Å². The predicted octanol–water partition coefficient (Wildman–Crippen LogP) is 5.51. The number of rotatable bonds is 5. The molecule has 22 heavy (non-hydrogen) atoms. The highest BCUT2D eigenvalue weighted by atomic mass is 32.2. The van der Waals surface area contributed by atoms with Gasteiger partial charge in [0.1, 0.15) is 0 Å². The Balaban J connectivity index is 1.99. The second kappa shape index (κ2) is 7.21. The average Bonchev–Trinajstić information content (AvgIpc) is 3.19. The molecule has 0 saturated carbocycles. The maximum absolute atomic E-state index is 5.59. The fraction of sp³-hybridized carbons (Fsp3) is 0.368. The lowest BCUT2D eigenvalue weighted by molar-refractivity contribution is 0.194. The Morgan fingerprint density at radius 1 is 1.41 bits per heavy atom. The average molecular weight is 313 g/mol. The summed E-state index contributed by atoms with van der Waals surface area (Å²) in [5.41, 5.74) is 2.73. The zero-order valence-electron chi connectivity index (χ0n) is 13.3. The monoisotopic (exact) mass is 313 g/mol. The number of para-hydroxylation sites is 1. The van der Waals surface area contributed by atoms with E-state index in [1.807, 2.05) is 11.9 Å². The largest absolute Gasteiger partial charge is 0.381 e. The lowest BCUT2D eigenvalue weighted by Gasteiger charge is -2.06. The van der Waals surface area contributed by atoms with Crippen molar-refractivity contribution in [2.45, 2.75) is 32.6 Å². The van der Waals surface area contributed by atoms with Gasteiger partial charge in [0.15, 0.2) is 0 Å². The number of nitrogens with zero attached hydrogens (tertiary/aromatic N) is 1. The van der Waals surface area contributed by atoms with Crippen LogP contribution in [-0.4, -0.2) is 17.2 Å². The molecular formula is C19H23NOS. The molecule has 3 heteroatoms. The molecule has 2 nitrogen and oxygen atoms in total. The van der Waals surface area contributed by atoms with E-state index >= 15 is 0 Å². The highest BCUT2D eigenvalue weighted by Gasteiger charge is 2.22. The Morgan fingerprint density at radius 2 is 2.27 bits per heavy atom. The molecule has 1 fully saturated rings. The van der Waals surface area contributed by atoms with Crippen LogP contribution in [0.1, 0.15) is 38.2 Å². The van der Waals surface area contributed by atoms with Crippen molar-refractivity contribution in [2.24, 2.45) is 0 Å². The molecule has 0 aliphatic carbocycles. The van der Waals surface area contributed by atoms with E-state index in [0.717, 1.165) is 26.1 Å². The van der Waals surface area contributed by atoms with Gasteiger partial charge in [0.05, 0.1) is 12.1 Å². The van der Waals surface area contributed by atoms with E-state index in [1.54, 1.807) is 0 Å². The number of hydrogen-bond donors (Lipinski definition) is 0. The first-order valence-electron chi connectivity index (χ1n) is 8.01. The Bertz CT molecular complexity index is 693. The maximum Gasteiger partial charge on any atom is 0.0597 e. The summed E-state index contributed by atoms with van der Waals surface area (Å²) in [4.78, 5) is 1.37. The van der Waals surface area contributed by atoms with Crippen molar-refractivity contribution in [1.29, 1.82) is 0 Å². The number of fused-ring (bicyclic) bond motifs is 1. The quantitative estimate of drug-likeness (QED) is 0.676. The molecule has 0 N–H and O–H groups in total. The predicted molar refractivity (Wildman–Crippen MR) is 96.3 cm³/mol. The molecule has 0 bridgehead atoms. The maximum atomic E-state index is 5.59. The summed E-state index contributed by atoms with van der Waals surface area (Å²) in [6.45, 7) is 6.00. The Hall–Kier alpha value is -1.45. The van der Waals surface area contributed by atoms with Crippen LogP contribution in [0.15, 0.2) is 53.6 Å². The molecule has 3 rings (SSSR count). The van der Waals surface area contributed by atoms with Gasteiger partial charge in [-0.3, -0.25) is 3.97 Å². The van der Waals surface area contributed by atoms with Crippen molar-refractivity contribution in [3.63, 3.8) is 0 Å². The summed E-state index contributed by atoms with van der Waals surface area (Å²) in [5, 5.41) is 1.37. The summed E-state index contributed by atoms with van der Waals surface area (Å²) in [5.74, 6) is 0.538. The van der Waals surface area contributed by atoms with Crippen LogP contribution in [0.3, 0.4) is 0 Å². The van der Waals surface area contributed by atoms with Crippen LogP contribution >= 0.6 is 11.9 Å². The number of allylic oxidation sites excluding steroid dienone is 4. The van der Waals surface area contributed by atoms with Crippen LogP contribution in [0, 0.1) is 0 Å². The zero-order valence-corrected chi connectivity index (χ0v) is 14.1. The van der Waals surface area contributed by atoms with Gasteiger partial charge in [0, 0.05) is 29.0 Å². The first-order chi connectivity index (χ1) is 10.8. The molecule has 2 heterocycles. The van der Waals surface area contributed by atoms with Crippen molar-refractivity contribution in [3.8, 4) is 0 Å². The van der Waals surface area contributed by atoms with Crippen molar-refractivity contribution in [3.05, 3.63) is 59.2 Å². The standard InChI is InChI=1S/C19H23NOS/c1-3-5-8-16(4-2)22-20-13-18(15-11-12-21-14-15)17-9-6-7-10-19(17)20/h3,5-10,13,15H,4,11-12,14H2,1-2H3/b5-3-,16-8+. The molecular weight excluding hydrogens is 290 g/mol. The van der Waals surface area contributed by atoms with E-state index in [2.05, 4.69) is 66.5 Å². The van der Waals surface area contributed by atoms with Crippen LogP contribution in [-0.2, 0) is 4.74 Å². The normalized spacial score (nSPS) is 19.5. The summed E-state index contributed by atoms with van der Waals surface area (Å²) in [7, 11) is 0. The minimum absolute atomic E-state index is 0.538. The molecule has 1 aromatic carbocycles. The summed E-state index contributed by atoms with van der Waals surface area (Å²) in [6.07, 6.45) is 10.9. The zero-order chi connectivity index (χ0) is 15.4. The second-order valence-corrected chi connectivity index (χ2v) is 6.69. The van der Waals surface area contributed by atoms with E-state index in [1.165, 1.54) is 21.4 Å². The fourth-order valence-corrected chi connectivity index (χ4v) is 3.84. The third-order valence-corrected chi connectivity index (χ3v) is 5.28. The van der Waals surface area contributed by atoms with Crippen molar-refractivity contribution >= 4 is 22.9 Å². The molecule has 1 saturated heterocycles. The van der Waals surface area contributed by atoms with Crippen LogP contribution in [0.5, 0.6) is 0 Å². The van der Waals surface area contributed by atoms with Gasteiger partial charge in [0.25, 0.3) is 0 Å². The van der Waals surface area contributed by atoms with Gasteiger partial charge in [0.2, 0.25) is 0 Å². The first-order valence-corrected chi connectivity index (χ1v) is 8.78. The molecule has 1 aliphatic rings. The summed E-state index contributed by atoms with van der Waals surface area (Å²) < 4.78 is 7.91.